The molecule has 1 aromatic heterocycles. The standard InChI is InChI=1S/C34H32F3N5O2/c35-19-14-34(9-2-10-41(34)16-19)17-44-33-25(15-38)32(42-20-5-8-28(42)27(39)12-20)23-7-6-22(30(37)31(23)40-33)24-13-21(43)11-18-3-1-4-26(36)29(18)24/h1,3-4,6-7,11,13,19-20,27-28,43H,2,5,8-10,12,14,16-17,39H2/t19-,20+,27-,28-,34+/m1/s1. The van der Waals surface area contributed by atoms with E-state index in [2.05, 4.69) is 20.9 Å². The fraction of sp³-hybridized carbons (Fsp3) is 0.412. The third-order valence-corrected chi connectivity index (χ3v) is 10.4. The molecule has 5 atom stereocenters. The summed E-state index contributed by atoms with van der Waals surface area (Å²) in [5, 5.41) is 22.0. The second-order valence-corrected chi connectivity index (χ2v) is 12.9. The number of phenols is 1. The lowest BCUT2D eigenvalue weighted by Gasteiger charge is -2.32. The lowest BCUT2D eigenvalue weighted by molar-refractivity contribution is 0.110. The summed E-state index contributed by atoms with van der Waals surface area (Å²) in [6.45, 7) is 1.27. The van der Waals surface area contributed by atoms with Crippen molar-refractivity contribution < 1.29 is 23.0 Å². The Morgan fingerprint density at radius 1 is 1.16 bits per heavy atom. The summed E-state index contributed by atoms with van der Waals surface area (Å²) in [6.07, 6.45) is 3.63. The summed E-state index contributed by atoms with van der Waals surface area (Å²) in [4.78, 5) is 8.89. The number of fused-ring (bicyclic) bond motifs is 5. The third-order valence-electron chi connectivity index (χ3n) is 10.4. The van der Waals surface area contributed by atoms with Crippen LogP contribution in [0.2, 0.25) is 0 Å². The van der Waals surface area contributed by atoms with Crippen molar-refractivity contribution in [3.05, 3.63) is 59.7 Å². The summed E-state index contributed by atoms with van der Waals surface area (Å²) in [5.74, 6) is -1.38. The maximum atomic E-state index is 16.8. The second-order valence-electron chi connectivity index (χ2n) is 12.9. The van der Waals surface area contributed by atoms with Gasteiger partial charge in [-0.05, 0) is 73.9 Å². The first-order valence-corrected chi connectivity index (χ1v) is 15.3. The van der Waals surface area contributed by atoms with Crippen molar-refractivity contribution in [2.75, 3.05) is 24.6 Å². The van der Waals surface area contributed by atoms with Crippen LogP contribution in [0.1, 0.15) is 44.1 Å². The fourth-order valence-electron chi connectivity index (χ4n) is 8.55. The number of nitriles is 1. The lowest BCUT2D eigenvalue weighted by Crippen LogP contribution is -2.43. The van der Waals surface area contributed by atoms with Crippen LogP contribution in [0, 0.1) is 23.0 Å². The average Bonchev–Trinajstić information content (AvgIpc) is 3.73. The van der Waals surface area contributed by atoms with E-state index in [1.807, 2.05) is 0 Å². The molecule has 0 aliphatic carbocycles. The van der Waals surface area contributed by atoms with Gasteiger partial charge >= 0.3 is 0 Å². The Balaban J connectivity index is 1.33. The molecule has 0 spiro atoms. The molecule has 226 valence electrons. The van der Waals surface area contributed by atoms with Gasteiger partial charge in [0.05, 0.1) is 11.2 Å². The Hall–Kier alpha value is -4.07. The Bertz CT molecular complexity index is 1880. The number of halogens is 3. The number of pyridine rings is 1. The van der Waals surface area contributed by atoms with E-state index < -0.39 is 23.3 Å². The molecule has 0 radical (unpaired) electrons. The molecule has 3 N–H and O–H groups in total. The van der Waals surface area contributed by atoms with E-state index in [0.29, 0.717) is 29.4 Å². The largest absolute Gasteiger partial charge is 0.508 e. The molecule has 0 amide bonds. The van der Waals surface area contributed by atoms with Crippen molar-refractivity contribution in [1.82, 2.24) is 9.88 Å². The van der Waals surface area contributed by atoms with Gasteiger partial charge in [-0.15, -0.1) is 0 Å². The number of benzene rings is 3. The van der Waals surface area contributed by atoms with Crippen LogP contribution in [0.25, 0.3) is 32.8 Å². The average molecular weight is 600 g/mol. The highest BCUT2D eigenvalue weighted by molar-refractivity contribution is 6.03. The van der Waals surface area contributed by atoms with Gasteiger partial charge in [0.25, 0.3) is 0 Å². The van der Waals surface area contributed by atoms with Crippen LogP contribution in [0.3, 0.4) is 0 Å². The zero-order chi connectivity index (χ0) is 30.3. The number of phenolic OH excluding ortho intramolecular Hbond substituents is 1. The number of nitrogens with zero attached hydrogens (tertiary/aromatic N) is 4. The van der Waals surface area contributed by atoms with Gasteiger partial charge in [-0.3, -0.25) is 4.90 Å². The number of hydrogen-bond acceptors (Lipinski definition) is 7. The maximum Gasteiger partial charge on any atom is 0.234 e. The highest BCUT2D eigenvalue weighted by atomic mass is 19.1. The summed E-state index contributed by atoms with van der Waals surface area (Å²) < 4.78 is 52.8. The first kappa shape index (κ1) is 27.5. The van der Waals surface area contributed by atoms with E-state index in [4.69, 9.17) is 10.5 Å². The summed E-state index contributed by atoms with van der Waals surface area (Å²) in [6, 6.07) is 12.8. The molecule has 7 nitrogen and oxygen atoms in total. The lowest BCUT2D eigenvalue weighted by atomic mass is 9.94. The number of aromatic nitrogens is 1. The van der Waals surface area contributed by atoms with Gasteiger partial charge in [0.2, 0.25) is 5.88 Å². The highest BCUT2D eigenvalue weighted by Crippen LogP contribution is 2.48. The zero-order valence-electron chi connectivity index (χ0n) is 24.1. The number of hydrogen-bond donors (Lipinski definition) is 2. The molecule has 8 rings (SSSR count). The molecular formula is C34H32F3N5O2. The topological polar surface area (TPSA) is 98.6 Å². The molecule has 4 aliphatic heterocycles. The van der Waals surface area contributed by atoms with Gasteiger partial charge in [0.15, 0.2) is 5.82 Å². The Kier molecular flexibility index (Phi) is 6.23. The van der Waals surface area contributed by atoms with Crippen LogP contribution >= 0.6 is 0 Å². The van der Waals surface area contributed by atoms with E-state index in [0.717, 1.165) is 38.6 Å². The Morgan fingerprint density at radius 2 is 2.02 bits per heavy atom. The van der Waals surface area contributed by atoms with Crippen LogP contribution in [0.15, 0.2) is 42.5 Å². The molecule has 0 unspecified atom stereocenters. The van der Waals surface area contributed by atoms with Crippen LogP contribution in [0.5, 0.6) is 11.6 Å². The highest BCUT2D eigenvalue weighted by Gasteiger charge is 2.50. The van der Waals surface area contributed by atoms with Crippen LogP contribution < -0.4 is 15.4 Å². The van der Waals surface area contributed by atoms with E-state index in [9.17, 15) is 14.8 Å². The molecule has 4 saturated heterocycles. The van der Waals surface area contributed by atoms with E-state index in [1.54, 1.807) is 18.2 Å². The monoisotopic (exact) mass is 599 g/mol. The number of alkyl halides is 1. The first-order chi connectivity index (χ1) is 21.3. The Labute approximate surface area is 252 Å². The minimum atomic E-state index is -0.950. The molecule has 44 heavy (non-hydrogen) atoms. The second kappa shape index (κ2) is 9.98. The summed E-state index contributed by atoms with van der Waals surface area (Å²) >= 11 is 0. The smallest absolute Gasteiger partial charge is 0.234 e. The number of rotatable bonds is 5. The van der Waals surface area contributed by atoms with E-state index >= 15 is 8.78 Å². The van der Waals surface area contributed by atoms with Crippen LogP contribution in [-0.4, -0.2) is 64.5 Å². The number of aromatic hydroxyl groups is 1. The fourth-order valence-corrected chi connectivity index (χ4v) is 8.55. The molecule has 4 aromatic rings. The predicted octanol–water partition coefficient (Wildman–Crippen LogP) is 5.93. The molecule has 0 saturated carbocycles. The van der Waals surface area contributed by atoms with Crippen molar-refractivity contribution in [1.29, 1.82) is 5.26 Å². The van der Waals surface area contributed by atoms with Gasteiger partial charge in [-0.25, -0.2) is 18.2 Å². The van der Waals surface area contributed by atoms with Crippen molar-refractivity contribution in [2.24, 2.45) is 5.73 Å². The normalized spacial score (nSPS) is 27.8. The molecule has 10 heteroatoms. The first-order valence-electron chi connectivity index (χ1n) is 15.3. The SMILES string of the molecule is N#Cc1c(OC[C@@]23CCCN2C[C@H](F)C3)nc2c(F)c(-c3cc(O)cc4cccc(F)c34)ccc2c1N1[C@H]2CC[C@@H]1[C@H](N)C2. The molecule has 3 aromatic carbocycles. The summed E-state index contributed by atoms with van der Waals surface area (Å²) in [7, 11) is 0. The van der Waals surface area contributed by atoms with Gasteiger partial charge < -0.3 is 20.5 Å². The summed E-state index contributed by atoms with van der Waals surface area (Å²) in [5.41, 5.74) is 7.00. The maximum absolute atomic E-state index is 16.8. The minimum absolute atomic E-state index is 0.00130. The van der Waals surface area contributed by atoms with Crippen molar-refractivity contribution >= 4 is 27.4 Å². The van der Waals surface area contributed by atoms with Gasteiger partial charge in [-0.2, -0.15) is 5.26 Å². The van der Waals surface area contributed by atoms with E-state index in [1.165, 1.54) is 24.3 Å². The molecule has 4 fully saturated rings. The van der Waals surface area contributed by atoms with Crippen LogP contribution in [-0.2, 0) is 0 Å². The minimum Gasteiger partial charge on any atom is -0.508 e. The van der Waals surface area contributed by atoms with Crippen molar-refractivity contribution in [3.8, 4) is 28.8 Å². The van der Waals surface area contributed by atoms with E-state index in [-0.39, 0.29) is 64.0 Å². The molecular weight excluding hydrogens is 567 g/mol. The predicted molar refractivity (Wildman–Crippen MR) is 161 cm³/mol. The molecule has 2 bridgehead atoms. The van der Waals surface area contributed by atoms with Crippen molar-refractivity contribution in [3.63, 3.8) is 0 Å². The Morgan fingerprint density at radius 3 is 2.80 bits per heavy atom. The van der Waals surface area contributed by atoms with Gasteiger partial charge in [0, 0.05) is 47.4 Å². The van der Waals surface area contributed by atoms with Gasteiger partial charge in [0.1, 0.15) is 41.5 Å². The van der Waals surface area contributed by atoms with Gasteiger partial charge in [-0.1, -0.05) is 18.2 Å². The number of nitrogens with two attached hydrogens (primary N) is 1. The molecule has 4 aliphatic rings. The quantitative estimate of drug-likeness (QED) is 0.293. The number of ether oxygens (including phenoxy) is 1. The van der Waals surface area contributed by atoms with Crippen molar-refractivity contribution in [2.45, 2.75) is 68.4 Å². The number of anilines is 1. The zero-order valence-corrected chi connectivity index (χ0v) is 24.1. The molecule has 5 heterocycles. The van der Waals surface area contributed by atoms with Crippen LogP contribution in [0.4, 0.5) is 18.9 Å². The third kappa shape index (κ3) is 3.99.